The third-order valence-electron chi connectivity index (χ3n) is 3.52. The van der Waals surface area contributed by atoms with E-state index in [9.17, 15) is 4.79 Å². The zero-order chi connectivity index (χ0) is 15.4. The Morgan fingerprint density at radius 3 is 2.52 bits per heavy atom. The molecule has 21 heavy (non-hydrogen) atoms. The first kappa shape index (κ1) is 16.5. The summed E-state index contributed by atoms with van der Waals surface area (Å²) in [7, 11) is 0. The van der Waals surface area contributed by atoms with E-state index in [1.807, 2.05) is 30.3 Å². The molecule has 0 aliphatic carbocycles. The molecule has 0 saturated heterocycles. The summed E-state index contributed by atoms with van der Waals surface area (Å²) in [6.45, 7) is 4.38. The molecule has 0 fully saturated rings. The van der Waals surface area contributed by atoms with E-state index in [1.165, 1.54) is 5.56 Å². The van der Waals surface area contributed by atoms with Gasteiger partial charge < -0.3 is 5.32 Å². The number of carbonyl (C=O) groups excluding carboxylic acids is 1. The molecular formula is C17H17BrINO. The van der Waals surface area contributed by atoms with Gasteiger partial charge in [0.1, 0.15) is 0 Å². The van der Waals surface area contributed by atoms with Crippen molar-refractivity contribution in [3.05, 3.63) is 61.6 Å². The lowest BCUT2D eigenvalue weighted by Gasteiger charge is -2.11. The fourth-order valence-electron chi connectivity index (χ4n) is 2.00. The van der Waals surface area contributed by atoms with Crippen LogP contribution in [0, 0.1) is 3.57 Å². The van der Waals surface area contributed by atoms with Crippen molar-refractivity contribution in [1.82, 2.24) is 0 Å². The van der Waals surface area contributed by atoms with Crippen molar-refractivity contribution in [1.29, 1.82) is 0 Å². The van der Waals surface area contributed by atoms with E-state index in [1.54, 1.807) is 0 Å². The van der Waals surface area contributed by atoms with Gasteiger partial charge >= 0.3 is 0 Å². The van der Waals surface area contributed by atoms with E-state index in [0.717, 1.165) is 20.2 Å². The number of hydrogen-bond donors (Lipinski definition) is 1. The Morgan fingerprint density at radius 2 is 1.90 bits per heavy atom. The molecule has 110 valence electrons. The molecule has 1 atom stereocenters. The molecule has 1 amide bonds. The summed E-state index contributed by atoms with van der Waals surface area (Å²) < 4.78 is 1.84. The number of nitrogens with one attached hydrogen (secondary N) is 1. The van der Waals surface area contributed by atoms with Crippen LogP contribution < -0.4 is 5.32 Å². The summed E-state index contributed by atoms with van der Waals surface area (Å²) in [4.78, 5) is 12.3. The van der Waals surface area contributed by atoms with Gasteiger partial charge in [-0.15, -0.1) is 0 Å². The maximum absolute atomic E-state index is 12.3. The fraction of sp³-hybridized carbons (Fsp3) is 0.235. The molecule has 4 heteroatoms. The highest BCUT2D eigenvalue weighted by Gasteiger charge is 2.11. The molecule has 2 aromatic rings. The molecule has 2 aromatic carbocycles. The fourth-order valence-corrected chi connectivity index (χ4v) is 2.92. The van der Waals surface area contributed by atoms with Crippen molar-refractivity contribution in [2.45, 2.75) is 26.2 Å². The van der Waals surface area contributed by atoms with Crippen LogP contribution in [0.4, 0.5) is 5.69 Å². The van der Waals surface area contributed by atoms with Crippen LogP contribution in [0.1, 0.15) is 42.1 Å². The molecule has 0 heterocycles. The number of halogens is 2. The number of amides is 1. The third-order valence-corrected chi connectivity index (χ3v) is 4.89. The number of anilines is 1. The van der Waals surface area contributed by atoms with Gasteiger partial charge in [0.25, 0.3) is 5.91 Å². The van der Waals surface area contributed by atoms with Crippen LogP contribution in [0.25, 0.3) is 0 Å². The minimum Gasteiger partial charge on any atom is -0.322 e. The highest BCUT2D eigenvalue weighted by atomic mass is 127. The predicted octanol–water partition coefficient (Wildman–Crippen LogP) is 5.82. The van der Waals surface area contributed by atoms with Crippen LogP contribution in [-0.4, -0.2) is 5.91 Å². The van der Waals surface area contributed by atoms with Gasteiger partial charge in [0.15, 0.2) is 0 Å². The van der Waals surface area contributed by atoms with Gasteiger partial charge in [-0.1, -0.05) is 26.0 Å². The maximum Gasteiger partial charge on any atom is 0.256 e. The van der Waals surface area contributed by atoms with Crippen molar-refractivity contribution in [3.8, 4) is 0 Å². The smallest absolute Gasteiger partial charge is 0.256 e. The Bertz CT molecular complexity index is 640. The molecule has 0 saturated carbocycles. The molecule has 0 aliphatic heterocycles. The second-order valence-electron chi connectivity index (χ2n) is 5.01. The van der Waals surface area contributed by atoms with Crippen LogP contribution in [0.2, 0.25) is 0 Å². The summed E-state index contributed by atoms with van der Waals surface area (Å²) in [5.74, 6) is 0.441. The molecule has 0 aromatic heterocycles. The SMILES string of the molecule is CCC(C)c1ccc(NC(=O)c2cc(I)ccc2Br)cc1. The topological polar surface area (TPSA) is 29.1 Å². The first-order valence-electron chi connectivity index (χ1n) is 6.87. The summed E-state index contributed by atoms with van der Waals surface area (Å²) in [6.07, 6.45) is 1.11. The molecule has 1 unspecified atom stereocenters. The van der Waals surface area contributed by atoms with Crippen LogP contribution in [-0.2, 0) is 0 Å². The largest absolute Gasteiger partial charge is 0.322 e. The molecule has 0 aliphatic rings. The Hall–Kier alpha value is -0.880. The molecule has 0 bridgehead atoms. The second-order valence-corrected chi connectivity index (χ2v) is 7.11. The molecule has 2 rings (SSSR count). The first-order valence-corrected chi connectivity index (χ1v) is 8.74. The van der Waals surface area contributed by atoms with Crippen molar-refractivity contribution in [3.63, 3.8) is 0 Å². The highest BCUT2D eigenvalue weighted by molar-refractivity contribution is 14.1. The zero-order valence-corrected chi connectivity index (χ0v) is 15.7. The third kappa shape index (κ3) is 4.30. The summed E-state index contributed by atoms with van der Waals surface area (Å²) in [5.41, 5.74) is 2.76. The van der Waals surface area contributed by atoms with Crippen molar-refractivity contribution >= 4 is 50.1 Å². The Morgan fingerprint density at radius 1 is 1.24 bits per heavy atom. The van der Waals surface area contributed by atoms with E-state index in [-0.39, 0.29) is 5.91 Å². The average Bonchev–Trinajstić information content (AvgIpc) is 2.49. The minimum atomic E-state index is -0.100. The summed E-state index contributed by atoms with van der Waals surface area (Å²) in [6, 6.07) is 13.8. The van der Waals surface area contributed by atoms with Crippen LogP contribution >= 0.6 is 38.5 Å². The zero-order valence-electron chi connectivity index (χ0n) is 12.0. The Balaban J connectivity index is 2.14. The van der Waals surface area contributed by atoms with Crippen LogP contribution in [0.3, 0.4) is 0 Å². The second kappa shape index (κ2) is 7.40. The number of benzene rings is 2. The van der Waals surface area contributed by atoms with Crippen molar-refractivity contribution in [2.75, 3.05) is 5.32 Å². The molecule has 0 spiro atoms. The number of carbonyl (C=O) groups is 1. The van der Waals surface area contributed by atoms with E-state index in [4.69, 9.17) is 0 Å². The normalized spacial score (nSPS) is 12.0. The minimum absolute atomic E-state index is 0.100. The standard InChI is InChI=1S/C17H17BrINO/c1-3-11(2)12-4-7-14(8-5-12)20-17(21)15-10-13(19)6-9-16(15)18/h4-11H,3H2,1-2H3,(H,20,21). The molecule has 2 nitrogen and oxygen atoms in total. The quantitative estimate of drug-likeness (QED) is 0.576. The lowest BCUT2D eigenvalue weighted by Crippen LogP contribution is -2.12. The number of rotatable bonds is 4. The molecule has 0 radical (unpaired) electrons. The molecular weight excluding hydrogens is 441 g/mol. The van der Waals surface area contributed by atoms with Crippen LogP contribution in [0.15, 0.2) is 46.9 Å². The maximum atomic E-state index is 12.3. The van der Waals surface area contributed by atoms with E-state index in [0.29, 0.717) is 11.5 Å². The molecule has 1 N–H and O–H groups in total. The van der Waals surface area contributed by atoms with Gasteiger partial charge in [-0.2, -0.15) is 0 Å². The van der Waals surface area contributed by atoms with Gasteiger partial charge in [0.2, 0.25) is 0 Å². The van der Waals surface area contributed by atoms with Crippen molar-refractivity contribution < 1.29 is 4.79 Å². The average molecular weight is 458 g/mol. The Kier molecular flexibility index (Phi) is 5.81. The summed E-state index contributed by atoms with van der Waals surface area (Å²) >= 11 is 5.62. The number of hydrogen-bond acceptors (Lipinski definition) is 1. The van der Waals surface area contributed by atoms with Gasteiger partial charge in [-0.05, 0) is 86.8 Å². The highest BCUT2D eigenvalue weighted by Crippen LogP contribution is 2.23. The first-order chi connectivity index (χ1) is 10.0. The van der Waals surface area contributed by atoms with Crippen molar-refractivity contribution in [2.24, 2.45) is 0 Å². The van der Waals surface area contributed by atoms with Gasteiger partial charge in [-0.3, -0.25) is 4.79 Å². The lowest BCUT2D eigenvalue weighted by molar-refractivity contribution is 0.102. The summed E-state index contributed by atoms with van der Waals surface area (Å²) in [5, 5.41) is 2.94. The van der Waals surface area contributed by atoms with E-state index in [2.05, 4.69) is 69.8 Å². The van der Waals surface area contributed by atoms with Gasteiger partial charge in [0.05, 0.1) is 5.56 Å². The van der Waals surface area contributed by atoms with E-state index >= 15 is 0 Å². The Labute approximate surface area is 147 Å². The lowest BCUT2D eigenvalue weighted by atomic mass is 9.98. The van der Waals surface area contributed by atoms with Crippen LogP contribution in [0.5, 0.6) is 0 Å². The predicted molar refractivity (Wildman–Crippen MR) is 100.0 cm³/mol. The van der Waals surface area contributed by atoms with E-state index < -0.39 is 0 Å². The van der Waals surface area contributed by atoms with Gasteiger partial charge in [-0.25, -0.2) is 0 Å². The monoisotopic (exact) mass is 457 g/mol. The van der Waals surface area contributed by atoms with Gasteiger partial charge in [0, 0.05) is 13.7 Å².